The van der Waals surface area contributed by atoms with Crippen molar-refractivity contribution in [1.29, 1.82) is 0 Å². The Labute approximate surface area is 204 Å². The van der Waals surface area contributed by atoms with E-state index in [1.165, 1.54) is 5.56 Å². The van der Waals surface area contributed by atoms with E-state index in [-0.39, 0.29) is 17.2 Å². The van der Waals surface area contributed by atoms with Gasteiger partial charge in [-0.15, -0.1) is 0 Å². The molecule has 7 nitrogen and oxygen atoms in total. The van der Waals surface area contributed by atoms with Crippen LogP contribution in [0.2, 0.25) is 0 Å². The molecule has 2 fully saturated rings. The highest BCUT2D eigenvalue weighted by Gasteiger charge is 2.41. The highest BCUT2D eigenvalue weighted by molar-refractivity contribution is 5.83. The Bertz CT molecular complexity index is 820. The van der Waals surface area contributed by atoms with Gasteiger partial charge in [-0.05, 0) is 75.6 Å². The SMILES string of the molecule is COCC1CCCN(C(=O)CN2CCC3(CCCCc4ccccc4OCCNC3=O)CC2)C1. The highest BCUT2D eigenvalue weighted by Crippen LogP contribution is 2.37. The molecule has 3 aliphatic heterocycles. The van der Waals surface area contributed by atoms with E-state index in [1.807, 2.05) is 17.0 Å². The van der Waals surface area contributed by atoms with Gasteiger partial charge in [0.1, 0.15) is 12.4 Å². The number of hydrogen-bond acceptors (Lipinski definition) is 5. The number of hydrogen-bond donors (Lipinski definition) is 1. The topological polar surface area (TPSA) is 71.1 Å². The molecule has 0 radical (unpaired) electrons. The lowest BCUT2D eigenvalue weighted by molar-refractivity contribution is -0.137. The second kappa shape index (κ2) is 12.0. The molecule has 3 aliphatic rings. The molecular weight excluding hydrogens is 430 g/mol. The number of carbonyl (C=O) groups is 2. The summed E-state index contributed by atoms with van der Waals surface area (Å²) in [5, 5.41) is 3.15. The number of amides is 2. The van der Waals surface area contributed by atoms with Crippen LogP contribution in [-0.4, -0.2) is 81.2 Å². The minimum atomic E-state index is -0.326. The number of methoxy groups -OCH3 is 1. The highest BCUT2D eigenvalue weighted by atomic mass is 16.5. The Morgan fingerprint density at radius 3 is 2.79 bits per heavy atom. The predicted octanol–water partition coefficient (Wildman–Crippen LogP) is 2.88. The molecule has 0 aromatic heterocycles. The van der Waals surface area contributed by atoms with E-state index >= 15 is 0 Å². The van der Waals surface area contributed by atoms with Gasteiger partial charge in [-0.3, -0.25) is 14.5 Å². The lowest BCUT2D eigenvalue weighted by Crippen LogP contribution is -2.52. The third-order valence-electron chi connectivity index (χ3n) is 7.90. The lowest BCUT2D eigenvalue weighted by Gasteiger charge is -2.41. The van der Waals surface area contributed by atoms with E-state index in [9.17, 15) is 9.59 Å². The predicted molar refractivity (Wildman–Crippen MR) is 132 cm³/mol. The molecular formula is C27H41N3O4. The Hall–Kier alpha value is -2.12. The van der Waals surface area contributed by atoms with Gasteiger partial charge in [0.25, 0.3) is 0 Å². The second-order valence-electron chi connectivity index (χ2n) is 10.3. The Balaban J connectivity index is 1.30. The smallest absolute Gasteiger partial charge is 0.236 e. The van der Waals surface area contributed by atoms with E-state index in [0.717, 1.165) is 89.9 Å². The average Bonchev–Trinajstić information content (AvgIpc) is 2.86. The van der Waals surface area contributed by atoms with E-state index in [1.54, 1.807) is 7.11 Å². The van der Waals surface area contributed by atoms with Crippen LogP contribution in [0, 0.1) is 11.3 Å². The fourth-order valence-corrected chi connectivity index (χ4v) is 5.83. The van der Waals surface area contributed by atoms with Crippen LogP contribution < -0.4 is 10.1 Å². The number of benzene rings is 1. The zero-order chi connectivity index (χ0) is 23.8. The molecule has 3 heterocycles. The minimum Gasteiger partial charge on any atom is -0.491 e. The fraction of sp³-hybridized carbons (Fsp3) is 0.704. The molecule has 2 amide bonds. The molecule has 1 unspecified atom stereocenters. The lowest BCUT2D eigenvalue weighted by atomic mass is 9.73. The quantitative estimate of drug-likeness (QED) is 0.731. The summed E-state index contributed by atoms with van der Waals surface area (Å²) in [6.45, 7) is 5.45. The summed E-state index contributed by atoms with van der Waals surface area (Å²) in [7, 11) is 1.73. The monoisotopic (exact) mass is 471 g/mol. The summed E-state index contributed by atoms with van der Waals surface area (Å²) >= 11 is 0. The van der Waals surface area contributed by atoms with E-state index < -0.39 is 0 Å². The average molecular weight is 472 g/mol. The third-order valence-corrected chi connectivity index (χ3v) is 7.90. The van der Waals surface area contributed by atoms with Gasteiger partial charge in [-0.25, -0.2) is 0 Å². The van der Waals surface area contributed by atoms with E-state index in [2.05, 4.69) is 22.3 Å². The van der Waals surface area contributed by atoms with Crippen molar-refractivity contribution in [2.75, 3.05) is 59.6 Å². The molecule has 4 rings (SSSR count). The number of likely N-dealkylation sites (tertiary alicyclic amines) is 2. The van der Waals surface area contributed by atoms with Crippen LogP contribution in [0.1, 0.15) is 50.5 Å². The van der Waals surface area contributed by atoms with Crippen LogP contribution in [0.3, 0.4) is 0 Å². The molecule has 1 aromatic carbocycles. The van der Waals surface area contributed by atoms with Crippen LogP contribution in [-0.2, 0) is 20.7 Å². The fourth-order valence-electron chi connectivity index (χ4n) is 5.83. The number of carbonyl (C=O) groups excluding carboxylic acids is 2. The van der Waals surface area contributed by atoms with Gasteiger partial charge in [0.05, 0.1) is 25.1 Å². The van der Waals surface area contributed by atoms with Crippen molar-refractivity contribution in [3.05, 3.63) is 29.8 Å². The minimum absolute atomic E-state index is 0.161. The maximum Gasteiger partial charge on any atom is 0.236 e. The molecule has 7 heteroatoms. The maximum atomic E-state index is 13.3. The summed E-state index contributed by atoms with van der Waals surface area (Å²) in [4.78, 5) is 30.5. The van der Waals surface area contributed by atoms with Crippen molar-refractivity contribution in [2.24, 2.45) is 11.3 Å². The van der Waals surface area contributed by atoms with Crippen LogP contribution in [0.5, 0.6) is 5.75 Å². The maximum absolute atomic E-state index is 13.3. The molecule has 1 atom stereocenters. The summed E-state index contributed by atoms with van der Waals surface area (Å²) in [5.74, 6) is 1.76. The number of para-hydroxylation sites is 1. The first kappa shape index (κ1) is 25.0. The first-order valence-corrected chi connectivity index (χ1v) is 13.1. The number of nitrogens with zero attached hydrogens (tertiary/aromatic N) is 2. The number of fused-ring (bicyclic) bond motifs is 1. The molecule has 1 aromatic rings. The molecule has 1 N–H and O–H groups in total. The van der Waals surface area contributed by atoms with Crippen molar-refractivity contribution in [3.63, 3.8) is 0 Å². The van der Waals surface area contributed by atoms with Gasteiger partial charge in [0.2, 0.25) is 11.8 Å². The normalized spacial score (nSPS) is 24.3. The molecule has 0 saturated carbocycles. The Morgan fingerprint density at radius 2 is 1.97 bits per heavy atom. The van der Waals surface area contributed by atoms with Crippen molar-refractivity contribution in [2.45, 2.75) is 51.4 Å². The Kier molecular flexibility index (Phi) is 8.84. The number of piperidine rings is 2. The Morgan fingerprint density at radius 1 is 1.15 bits per heavy atom. The van der Waals surface area contributed by atoms with Crippen molar-refractivity contribution < 1.29 is 19.1 Å². The first-order valence-electron chi connectivity index (χ1n) is 13.1. The van der Waals surface area contributed by atoms with Gasteiger partial charge in [-0.2, -0.15) is 0 Å². The number of aryl methyl sites for hydroxylation is 1. The standard InChI is InChI=1S/C27H41N3O4/c1-33-21-22-7-6-15-30(19-22)25(31)20-29-16-12-27(13-17-29)11-5-4-9-23-8-2-3-10-24(23)34-18-14-28-26(27)32/h2-3,8,10,22H,4-7,9,11-21H2,1H3,(H,28,32). The number of ether oxygens (including phenoxy) is 2. The van der Waals surface area contributed by atoms with Crippen LogP contribution in [0.15, 0.2) is 24.3 Å². The molecule has 188 valence electrons. The van der Waals surface area contributed by atoms with Crippen LogP contribution >= 0.6 is 0 Å². The summed E-state index contributed by atoms with van der Waals surface area (Å²) in [6.07, 6.45) is 7.78. The van der Waals surface area contributed by atoms with E-state index in [0.29, 0.717) is 25.6 Å². The molecule has 2 saturated heterocycles. The second-order valence-corrected chi connectivity index (χ2v) is 10.3. The van der Waals surface area contributed by atoms with Crippen molar-refractivity contribution in [3.8, 4) is 5.75 Å². The van der Waals surface area contributed by atoms with Crippen LogP contribution in [0.4, 0.5) is 0 Å². The number of nitrogens with one attached hydrogen (secondary N) is 1. The summed E-state index contributed by atoms with van der Waals surface area (Å²) < 4.78 is 11.3. The number of rotatable bonds is 4. The largest absolute Gasteiger partial charge is 0.491 e. The molecule has 1 spiro atoms. The third kappa shape index (κ3) is 6.30. The van der Waals surface area contributed by atoms with E-state index in [4.69, 9.17) is 9.47 Å². The van der Waals surface area contributed by atoms with Crippen molar-refractivity contribution in [1.82, 2.24) is 15.1 Å². The van der Waals surface area contributed by atoms with Crippen LogP contribution in [0.25, 0.3) is 0 Å². The van der Waals surface area contributed by atoms with Crippen molar-refractivity contribution >= 4 is 11.8 Å². The zero-order valence-electron chi connectivity index (χ0n) is 20.7. The van der Waals surface area contributed by atoms with Gasteiger partial charge >= 0.3 is 0 Å². The molecule has 0 aliphatic carbocycles. The van der Waals surface area contributed by atoms with Gasteiger partial charge in [-0.1, -0.05) is 24.6 Å². The van der Waals surface area contributed by atoms with Gasteiger partial charge in [0, 0.05) is 20.2 Å². The molecule has 34 heavy (non-hydrogen) atoms. The summed E-state index contributed by atoms with van der Waals surface area (Å²) in [6, 6.07) is 8.23. The van der Waals surface area contributed by atoms with Gasteiger partial charge in [0.15, 0.2) is 0 Å². The molecule has 0 bridgehead atoms. The zero-order valence-corrected chi connectivity index (χ0v) is 20.7. The van der Waals surface area contributed by atoms with Gasteiger partial charge < -0.3 is 19.7 Å². The first-order chi connectivity index (χ1) is 16.6. The summed E-state index contributed by atoms with van der Waals surface area (Å²) in [5.41, 5.74) is 0.926.